The third-order valence-corrected chi connectivity index (χ3v) is 3.78. The third kappa shape index (κ3) is 1.71. The average Bonchev–Trinajstić information content (AvgIpc) is 2.95. The summed E-state index contributed by atoms with van der Waals surface area (Å²) in [5.74, 6) is 0.781. The lowest BCUT2D eigenvalue weighted by molar-refractivity contribution is 0.448. The van der Waals surface area contributed by atoms with Crippen LogP contribution in [0, 0.1) is 11.3 Å². The molecule has 0 unspecified atom stereocenters. The fraction of sp³-hybridized carbons (Fsp3) is 0.308. The Bertz CT molecular complexity index is 871. The molecule has 0 spiro atoms. The first-order chi connectivity index (χ1) is 10.3. The Morgan fingerprint density at radius 3 is 3.05 bits per heavy atom. The second-order valence-electron chi connectivity index (χ2n) is 5.03. The van der Waals surface area contributed by atoms with Crippen molar-refractivity contribution in [1.29, 1.82) is 5.26 Å². The summed E-state index contributed by atoms with van der Waals surface area (Å²) in [7, 11) is 1.95. The van der Waals surface area contributed by atoms with Crippen molar-refractivity contribution in [3.05, 3.63) is 24.2 Å². The molecule has 8 heteroatoms. The molecule has 0 amide bonds. The number of hydrogen-bond donors (Lipinski definition) is 1. The van der Waals surface area contributed by atoms with Gasteiger partial charge in [0.2, 0.25) is 5.65 Å². The monoisotopic (exact) mass is 280 g/mol. The van der Waals surface area contributed by atoms with Crippen LogP contribution >= 0.6 is 0 Å². The number of nitrogens with one attached hydrogen (secondary N) is 1. The summed E-state index contributed by atoms with van der Waals surface area (Å²) in [6.45, 7) is 1.77. The van der Waals surface area contributed by atoms with E-state index in [1.165, 1.54) is 6.20 Å². The minimum absolute atomic E-state index is 0.472. The molecule has 0 radical (unpaired) electrons. The van der Waals surface area contributed by atoms with Crippen LogP contribution in [0.15, 0.2) is 18.6 Å². The maximum absolute atomic E-state index is 9.00. The van der Waals surface area contributed by atoms with Crippen LogP contribution in [0.3, 0.4) is 0 Å². The zero-order valence-electron chi connectivity index (χ0n) is 11.4. The predicted octanol–water partition coefficient (Wildman–Crippen LogP) is -0.0478. The summed E-state index contributed by atoms with van der Waals surface area (Å²) >= 11 is 0. The zero-order chi connectivity index (χ0) is 14.4. The van der Waals surface area contributed by atoms with Gasteiger partial charge in [-0.1, -0.05) is 0 Å². The van der Waals surface area contributed by atoms with Gasteiger partial charge in [-0.05, 0) is 13.1 Å². The summed E-state index contributed by atoms with van der Waals surface area (Å²) in [5.41, 5.74) is 2.51. The van der Waals surface area contributed by atoms with Gasteiger partial charge in [-0.3, -0.25) is 4.40 Å². The zero-order valence-corrected chi connectivity index (χ0v) is 11.4. The number of nitriles is 1. The molecule has 1 aliphatic rings. The topological polar surface area (TPSA) is 95.0 Å². The van der Waals surface area contributed by atoms with Gasteiger partial charge in [0.25, 0.3) is 0 Å². The largest absolute Gasteiger partial charge is 0.350 e. The van der Waals surface area contributed by atoms with Gasteiger partial charge in [-0.2, -0.15) is 5.26 Å². The summed E-state index contributed by atoms with van der Waals surface area (Å²) in [5, 5.41) is 20.4. The van der Waals surface area contributed by atoms with Crippen LogP contribution in [0.25, 0.3) is 16.8 Å². The first-order valence-corrected chi connectivity index (χ1v) is 6.62. The third-order valence-electron chi connectivity index (χ3n) is 3.78. The van der Waals surface area contributed by atoms with Crippen molar-refractivity contribution in [3.63, 3.8) is 0 Å². The second-order valence-corrected chi connectivity index (χ2v) is 5.03. The molecule has 3 aromatic heterocycles. The lowest BCUT2D eigenvalue weighted by Crippen LogP contribution is -2.57. The molecule has 1 aliphatic heterocycles. The molecule has 0 bridgehead atoms. The van der Waals surface area contributed by atoms with Gasteiger partial charge in [0, 0.05) is 25.3 Å². The quantitative estimate of drug-likeness (QED) is 0.703. The number of fused-ring (bicyclic) bond motifs is 3. The van der Waals surface area contributed by atoms with Crippen LogP contribution in [0.2, 0.25) is 0 Å². The highest BCUT2D eigenvalue weighted by atomic mass is 15.3. The van der Waals surface area contributed by atoms with Gasteiger partial charge in [-0.25, -0.2) is 9.97 Å². The van der Waals surface area contributed by atoms with Crippen molar-refractivity contribution >= 4 is 22.6 Å². The Morgan fingerprint density at radius 2 is 2.29 bits per heavy atom. The molecule has 1 N–H and O–H groups in total. The second kappa shape index (κ2) is 4.36. The number of rotatable bonds is 2. The van der Waals surface area contributed by atoms with Crippen LogP contribution in [-0.4, -0.2) is 50.7 Å². The number of likely N-dealkylation sites (N-methyl/N-ethyl adjacent to an activating group) is 1. The van der Waals surface area contributed by atoms with Gasteiger partial charge >= 0.3 is 0 Å². The van der Waals surface area contributed by atoms with E-state index in [-0.39, 0.29) is 0 Å². The first-order valence-electron chi connectivity index (χ1n) is 6.62. The summed E-state index contributed by atoms with van der Waals surface area (Å²) in [6.07, 6.45) is 3.16. The van der Waals surface area contributed by atoms with Crippen molar-refractivity contribution in [3.8, 4) is 6.07 Å². The van der Waals surface area contributed by atoms with E-state index in [0.717, 1.165) is 24.4 Å². The fourth-order valence-corrected chi connectivity index (χ4v) is 2.53. The standard InChI is InChI=1S/C13H12N8/c1-15-9-5-20(6-9)12-13-19-17-7-21(13)10-2-8(3-14)4-16-11(10)18-12/h2,4,7,9,15H,5-6H2,1H3. The van der Waals surface area contributed by atoms with Gasteiger partial charge in [-0.15, -0.1) is 10.2 Å². The smallest absolute Gasteiger partial charge is 0.204 e. The van der Waals surface area contributed by atoms with E-state index in [1.54, 1.807) is 12.4 Å². The summed E-state index contributed by atoms with van der Waals surface area (Å²) < 4.78 is 1.83. The van der Waals surface area contributed by atoms with E-state index < -0.39 is 0 Å². The molecule has 3 aromatic rings. The number of anilines is 1. The molecule has 0 atom stereocenters. The van der Waals surface area contributed by atoms with Crippen LogP contribution in [-0.2, 0) is 0 Å². The highest BCUT2D eigenvalue weighted by Gasteiger charge is 2.29. The fourth-order valence-electron chi connectivity index (χ4n) is 2.53. The molecular weight excluding hydrogens is 268 g/mol. The van der Waals surface area contributed by atoms with E-state index in [9.17, 15) is 0 Å². The van der Waals surface area contributed by atoms with E-state index in [4.69, 9.17) is 5.26 Å². The van der Waals surface area contributed by atoms with Crippen molar-refractivity contribution in [1.82, 2.24) is 29.9 Å². The number of pyridine rings is 1. The highest BCUT2D eigenvalue weighted by molar-refractivity contribution is 5.81. The molecule has 0 aromatic carbocycles. The molecule has 0 aliphatic carbocycles. The molecule has 104 valence electrons. The van der Waals surface area contributed by atoms with Crippen LogP contribution in [0.1, 0.15) is 5.56 Å². The number of aromatic nitrogens is 5. The number of nitrogens with zero attached hydrogens (tertiary/aromatic N) is 7. The van der Waals surface area contributed by atoms with Crippen molar-refractivity contribution in [2.45, 2.75) is 6.04 Å². The summed E-state index contributed by atoms with van der Waals surface area (Å²) in [4.78, 5) is 11.0. The molecular formula is C13H12N8. The van der Waals surface area contributed by atoms with E-state index >= 15 is 0 Å². The van der Waals surface area contributed by atoms with Crippen molar-refractivity contribution in [2.75, 3.05) is 25.0 Å². The Kier molecular flexibility index (Phi) is 2.49. The molecule has 21 heavy (non-hydrogen) atoms. The minimum atomic E-state index is 0.472. The van der Waals surface area contributed by atoms with Gasteiger partial charge < -0.3 is 10.2 Å². The Morgan fingerprint density at radius 1 is 1.43 bits per heavy atom. The molecule has 4 heterocycles. The highest BCUT2D eigenvalue weighted by Crippen LogP contribution is 2.25. The van der Waals surface area contributed by atoms with Gasteiger partial charge in [0.15, 0.2) is 11.5 Å². The molecule has 8 nitrogen and oxygen atoms in total. The Labute approximate surface area is 120 Å². The Hall–Kier alpha value is -2.79. The van der Waals surface area contributed by atoms with Gasteiger partial charge in [0.05, 0.1) is 11.1 Å². The van der Waals surface area contributed by atoms with Crippen molar-refractivity contribution < 1.29 is 0 Å². The lowest BCUT2D eigenvalue weighted by atomic mass is 10.1. The van der Waals surface area contributed by atoms with E-state index in [0.29, 0.717) is 22.9 Å². The SMILES string of the molecule is CNC1CN(c2nc3ncc(C#N)cc3n3cnnc23)C1. The molecule has 1 fully saturated rings. The van der Waals surface area contributed by atoms with Crippen LogP contribution < -0.4 is 10.2 Å². The maximum atomic E-state index is 9.00. The van der Waals surface area contributed by atoms with Crippen LogP contribution in [0.5, 0.6) is 0 Å². The van der Waals surface area contributed by atoms with Crippen molar-refractivity contribution in [2.24, 2.45) is 0 Å². The van der Waals surface area contributed by atoms with E-state index in [2.05, 4.69) is 36.5 Å². The molecule has 0 saturated carbocycles. The molecule has 4 rings (SSSR count). The minimum Gasteiger partial charge on any atom is -0.350 e. The maximum Gasteiger partial charge on any atom is 0.204 e. The Balaban J connectivity index is 1.91. The average molecular weight is 280 g/mol. The van der Waals surface area contributed by atoms with Crippen LogP contribution in [0.4, 0.5) is 5.82 Å². The summed E-state index contributed by atoms with van der Waals surface area (Å²) in [6, 6.07) is 4.31. The lowest BCUT2D eigenvalue weighted by Gasteiger charge is -2.39. The normalized spacial score (nSPS) is 15.3. The van der Waals surface area contributed by atoms with Gasteiger partial charge in [0.1, 0.15) is 12.4 Å². The number of hydrogen-bond acceptors (Lipinski definition) is 7. The molecule has 1 saturated heterocycles. The first kappa shape index (κ1) is 12.0. The predicted molar refractivity (Wildman–Crippen MR) is 75.9 cm³/mol. The van der Waals surface area contributed by atoms with E-state index in [1.807, 2.05) is 11.4 Å².